The molecule has 0 spiro atoms. The summed E-state index contributed by atoms with van der Waals surface area (Å²) in [4.78, 5) is 11.6. The second-order valence-corrected chi connectivity index (χ2v) is 5.38. The summed E-state index contributed by atoms with van der Waals surface area (Å²) in [5.74, 6) is 0. The fraction of sp³-hybridized carbons (Fsp3) is 0.800. The molecule has 0 aromatic heterocycles. The van der Waals surface area contributed by atoms with Crippen LogP contribution in [0.15, 0.2) is 0 Å². The Labute approximate surface area is 80.9 Å². The highest BCUT2D eigenvalue weighted by Crippen LogP contribution is 2.20. The predicted octanol–water partition coefficient (Wildman–Crippen LogP) is -0.107. The Morgan fingerprint density at radius 2 is 2.15 bits per heavy atom. The third-order valence-corrected chi connectivity index (χ3v) is 3.70. The number of carbonyl (C=O) groups excluding carboxylic acids is 1. The number of carbonyl (C=O) groups is 1. The average molecular weight is 229 g/mol. The first-order valence-corrected chi connectivity index (χ1v) is 5.71. The van der Waals surface area contributed by atoms with E-state index in [2.05, 4.69) is 0 Å². The van der Waals surface area contributed by atoms with Crippen LogP contribution in [0, 0.1) is 5.21 Å². The van der Waals surface area contributed by atoms with Crippen molar-refractivity contribution >= 4 is 27.0 Å². The molecule has 1 amide bonds. The van der Waals surface area contributed by atoms with Crippen LogP contribution in [0.5, 0.6) is 0 Å². The van der Waals surface area contributed by atoms with Crippen molar-refractivity contribution in [1.29, 1.82) is 0 Å². The molecule has 0 aromatic carbocycles. The molecule has 1 aliphatic heterocycles. The van der Waals surface area contributed by atoms with Crippen molar-refractivity contribution in [3.63, 3.8) is 0 Å². The van der Waals surface area contributed by atoms with Gasteiger partial charge in [-0.25, -0.2) is 4.05 Å². The van der Waals surface area contributed by atoms with Crippen LogP contribution < -0.4 is 0 Å². The van der Waals surface area contributed by atoms with Crippen molar-refractivity contribution in [2.24, 2.45) is 0 Å². The predicted molar refractivity (Wildman–Crippen MR) is 46.2 cm³/mol. The molecule has 0 radical (unpaired) electrons. The Kier molecular flexibility index (Phi) is 2.54. The lowest BCUT2D eigenvalue weighted by Crippen LogP contribution is -2.46. The Bertz CT molecular complexity index is 329. The first-order chi connectivity index (χ1) is 5.76. The summed E-state index contributed by atoms with van der Waals surface area (Å²) < 4.78 is 20.6. The van der Waals surface area contributed by atoms with E-state index in [0.717, 1.165) is 11.2 Å². The average Bonchev–Trinajstić information content (AvgIpc) is 2.31. The molecular weight excluding hydrogens is 220 g/mol. The van der Waals surface area contributed by atoms with Gasteiger partial charge in [0.1, 0.15) is 6.54 Å². The van der Waals surface area contributed by atoms with Crippen molar-refractivity contribution in [3.8, 4) is 0 Å². The highest BCUT2D eigenvalue weighted by molar-refractivity contribution is 7.85. The van der Waals surface area contributed by atoms with E-state index in [-0.39, 0.29) is 13.1 Å². The van der Waals surface area contributed by atoms with E-state index in [9.17, 15) is 18.4 Å². The number of hydrogen-bond donors (Lipinski definition) is 0. The Hall–Kier alpha value is -0.370. The summed E-state index contributed by atoms with van der Waals surface area (Å²) in [5, 5.41) is 10.7. The number of hydroxylamine groups is 2. The molecule has 0 bridgehead atoms. The number of amides is 1. The highest BCUT2D eigenvalue weighted by atomic mass is 35.5. The van der Waals surface area contributed by atoms with Gasteiger partial charge in [0.2, 0.25) is 0 Å². The summed E-state index contributed by atoms with van der Waals surface area (Å²) >= 11 is 5.10. The maximum Gasteiger partial charge on any atom is 0.320 e. The number of hydrogen-bond acceptors (Lipinski definition) is 4. The van der Waals surface area contributed by atoms with Crippen molar-refractivity contribution in [3.05, 3.63) is 5.21 Å². The Morgan fingerprint density at radius 1 is 1.62 bits per heavy atom. The smallest absolute Gasteiger partial charge is 0.320 e. The number of rotatable bonds is 1. The minimum absolute atomic E-state index is 0.0822. The second-order valence-electron chi connectivity index (χ2n) is 2.93. The second kappa shape index (κ2) is 3.09. The van der Waals surface area contributed by atoms with E-state index < -0.39 is 26.1 Å². The fourth-order valence-electron chi connectivity index (χ4n) is 1.09. The molecule has 1 atom stereocenters. The van der Waals surface area contributed by atoms with Crippen LogP contribution in [-0.4, -0.2) is 48.7 Å². The van der Waals surface area contributed by atoms with Gasteiger partial charge in [-0.05, 0) is 11.6 Å². The number of sulfonamides is 1. The molecule has 13 heavy (non-hydrogen) atoms. The molecule has 0 aliphatic carbocycles. The van der Waals surface area contributed by atoms with Gasteiger partial charge >= 0.3 is 5.37 Å². The van der Waals surface area contributed by atoms with Crippen molar-refractivity contribution in [1.82, 2.24) is 4.90 Å². The minimum Gasteiger partial charge on any atom is -0.615 e. The highest BCUT2D eigenvalue weighted by Gasteiger charge is 2.39. The summed E-state index contributed by atoms with van der Waals surface area (Å²) in [5.41, 5.74) is 0. The van der Waals surface area contributed by atoms with E-state index in [1.54, 1.807) is 0 Å². The Balaban J connectivity index is 2.85. The molecule has 1 unspecified atom stereocenters. The van der Waals surface area contributed by atoms with Gasteiger partial charge in [0.15, 0.2) is 6.67 Å². The largest absolute Gasteiger partial charge is 0.615 e. The van der Waals surface area contributed by atoms with Gasteiger partial charge in [-0.1, -0.05) is 0 Å². The maximum absolute atomic E-state index is 11.5. The molecule has 1 aliphatic rings. The summed E-state index contributed by atoms with van der Waals surface area (Å²) in [6, 6.07) is 0. The number of nitrogens with zero attached hydrogens (tertiary/aromatic N) is 2. The van der Waals surface area contributed by atoms with Gasteiger partial charge in [0.05, 0.1) is 12.8 Å². The van der Waals surface area contributed by atoms with E-state index >= 15 is 0 Å². The number of halogens is 1. The zero-order valence-electron chi connectivity index (χ0n) is 6.93. The lowest BCUT2D eigenvalue weighted by Gasteiger charge is -2.33. The summed E-state index contributed by atoms with van der Waals surface area (Å²) in [6.45, 7) is -0.489. The van der Waals surface area contributed by atoms with Gasteiger partial charge in [0.25, 0.3) is 10.0 Å². The molecule has 76 valence electrons. The monoisotopic (exact) mass is 228 g/mol. The fourth-order valence-corrected chi connectivity index (χ4v) is 1.99. The summed E-state index contributed by atoms with van der Waals surface area (Å²) in [6.07, 6.45) is 0.849. The molecule has 6 nitrogen and oxygen atoms in total. The van der Waals surface area contributed by atoms with E-state index in [0.29, 0.717) is 0 Å². The zero-order chi connectivity index (χ0) is 10.3. The van der Waals surface area contributed by atoms with E-state index in [1.165, 1.54) is 0 Å². The van der Waals surface area contributed by atoms with Gasteiger partial charge in [-0.3, -0.25) is 9.69 Å². The van der Waals surface area contributed by atoms with Crippen LogP contribution in [0.1, 0.15) is 0 Å². The summed E-state index contributed by atoms with van der Waals surface area (Å²) in [7, 11) is -3.74. The standard InChI is InChI=1S/C5H9ClN2O4S/c1-13(11,12)8(10)3-2-7(4-8)5(6)9/h2-4H2,1H3. The lowest BCUT2D eigenvalue weighted by molar-refractivity contribution is -0.741. The van der Waals surface area contributed by atoms with E-state index in [1.807, 2.05) is 0 Å². The normalized spacial score (nSPS) is 29.3. The maximum atomic E-state index is 11.5. The van der Waals surface area contributed by atoms with Gasteiger partial charge in [0, 0.05) is 0 Å². The third-order valence-electron chi connectivity index (χ3n) is 1.95. The van der Waals surface area contributed by atoms with Gasteiger partial charge in [-0.15, -0.1) is 0 Å². The first kappa shape index (κ1) is 10.7. The van der Waals surface area contributed by atoms with Gasteiger partial charge < -0.3 is 5.21 Å². The molecule has 0 N–H and O–H groups in total. The zero-order valence-corrected chi connectivity index (χ0v) is 8.51. The van der Waals surface area contributed by atoms with Crippen molar-refractivity contribution in [2.75, 3.05) is 26.0 Å². The number of quaternary nitrogens is 1. The molecule has 1 heterocycles. The van der Waals surface area contributed by atoms with Crippen LogP contribution >= 0.6 is 11.6 Å². The molecule has 0 aromatic rings. The SMILES string of the molecule is CS(=O)(=O)[N+]1([O-])CCN(C(=O)Cl)C1. The van der Waals surface area contributed by atoms with Gasteiger partial charge in [-0.2, -0.15) is 8.42 Å². The van der Waals surface area contributed by atoms with Crippen molar-refractivity contribution in [2.45, 2.75) is 0 Å². The molecular formula is C5H9ClN2O4S. The minimum atomic E-state index is -3.74. The lowest BCUT2D eigenvalue weighted by atomic mass is 10.6. The molecule has 8 heteroatoms. The topological polar surface area (TPSA) is 77.5 Å². The molecule has 1 fully saturated rings. The third kappa shape index (κ3) is 1.93. The van der Waals surface area contributed by atoms with Crippen LogP contribution in [0.3, 0.4) is 0 Å². The Morgan fingerprint density at radius 3 is 2.38 bits per heavy atom. The molecule has 1 saturated heterocycles. The quantitative estimate of drug-likeness (QED) is 0.272. The van der Waals surface area contributed by atoms with Crippen LogP contribution in [0.4, 0.5) is 4.79 Å². The molecule has 0 saturated carbocycles. The van der Waals surface area contributed by atoms with Crippen LogP contribution in [0.25, 0.3) is 0 Å². The van der Waals surface area contributed by atoms with E-state index in [4.69, 9.17) is 11.6 Å². The molecule has 1 rings (SSSR count). The van der Waals surface area contributed by atoms with Crippen LogP contribution in [-0.2, 0) is 10.0 Å². The first-order valence-electron chi connectivity index (χ1n) is 3.49. The van der Waals surface area contributed by atoms with Crippen molar-refractivity contribution < 1.29 is 17.3 Å². The van der Waals surface area contributed by atoms with Crippen LogP contribution in [0.2, 0.25) is 0 Å².